The number of aliphatic hydroxyl groups excluding tert-OH is 1. The molecule has 0 fully saturated rings. The zero-order valence-corrected chi connectivity index (χ0v) is 9.22. The Balaban J connectivity index is 2.75. The first-order valence-corrected chi connectivity index (χ1v) is 4.89. The second kappa shape index (κ2) is 6.12. The molecule has 94 valence electrons. The standard InChI is InChI=1S/C10H13FN2O4/c1-17-6-8(14)5-12-9-4-7(11)2-3-10(9)13(15)16/h2-4,8,12,14H,5-6H2,1H3. The van der Waals surface area contributed by atoms with Crippen molar-refractivity contribution in [2.24, 2.45) is 0 Å². The fraction of sp³-hybridized carbons (Fsp3) is 0.400. The number of hydrogen-bond acceptors (Lipinski definition) is 5. The molecule has 0 aliphatic heterocycles. The van der Waals surface area contributed by atoms with E-state index in [1.807, 2.05) is 0 Å². The SMILES string of the molecule is COCC(O)CNc1cc(F)ccc1[N+](=O)[O-]. The maximum absolute atomic E-state index is 12.9. The first kappa shape index (κ1) is 13.3. The molecule has 0 aliphatic rings. The summed E-state index contributed by atoms with van der Waals surface area (Å²) in [5.41, 5.74) is -0.207. The highest BCUT2D eigenvalue weighted by Gasteiger charge is 2.15. The van der Waals surface area contributed by atoms with Crippen molar-refractivity contribution in [3.05, 3.63) is 34.1 Å². The second-order valence-electron chi connectivity index (χ2n) is 3.41. The Kier molecular flexibility index (Phi) is 4.80. The topological polar surface area (TPSA) is 84.6 Å². The fourth-order valence-corrected chi connectivity index (χ4v) is 1.29. The minimum absolute atomic E-state index is 0.0325. The molecule has 1 rings (SSSR count). The van der Waals surface area contributed by atoms with Gasteiger partial charge in [0.15, 0.2) is 0 Å². The number of nitro groups is 1. The van der Waals surface area contributed by atoms with Crippen LogP contribution in [0.4, 0.5) is 15.8 Å². The summed E-state index contributed by atoms with van der Waals surface area (Å²) >= 11 is 0. The van der Waals surface area contributed by atoms with Crippen LogP contribution in [0.3, 0.4) is 0 Å². The van der Waals surface area contributed by atoms with Gasteiger partial charge in [-0.15, -0.1) is 0 Å². The smallest absolute Gasteiger partial charge is 0.292 e. The van der Waals surface area contributed by atoms with Crippen LogP contribution in [0.2, 0.25) is 0 Å². The molecule has 1 atom stereocenters. The summed E-state index contributed by atoms with van der Waals surface area (Å²) in [4.78, 5) is 10.0. The Hall–Kier alpha value is -1.73. The minimum Gasteiger partial charge on any atom is -0.389 e. The summed E-state index contributed by atoms with van der Waals surface area (Å²) in [6.07, 6.45) is -0.817. The molecule has 7 heteroatoms. The number of ether oxygens (including phenoxy) is 1. The molecule has 0 saturated heterocycles. The number of hydrogen-bond donors (Lipinski definition) is 2. The highest BCUT2D eigenvalue weighted by Crippen LogP contribution is 2.24. The van der Waals surface area contributed by atoms with Gasteiger partial charge in [0.1, 0.15) is 11.5 Å². The van der Waals surface area contributed by atoms with E-state index in [2.05, 4.69) is 5.32 Å². The summed E-state index contributed by atoms with van der Waals surface area (Å²) < 4.78 is 17.6. The first-order valence-electron chi connectivity index (χ1n) is 4.89. The number of benzene rings is 1. The van der Waals surface area contributed by atoms with E-state index in [1.54, 1.807) is 0 Å². The second-order valence-corrected chi connectivity index (χ2v) is 3.41. The average Bonchev–Trinajstić information content (AvgIpc) is 2.26. The Morgan fingerprint density at radius 2 is 2.35 bits per heavy atom. The first-order chi connectivity index (χ1) is 8.04. The zero-order chi connectivity index (χ0) is 12.8. The molecule has 1 aromatic carbocycles. The number of nitrogens with zero attached hydrogens (tertiary/aromatic N) is 1. The van der Waals surface area contributed by atoms with E-state index < -0.39 is 16.8 Å². The number of aliphatic hydroxyl groups is 1. The van der Waals surface area contributed by atoms with Crippen LogP contribution in [0.25, 0.3) is 0 Å². The predicted molar refractivity (Wildman–Crippen MR) is 59.4 cm³/mol. The Labute approximate surface area is 97.2 Å². The molecule has 0 aromatic heterocycles. The summed E-state index contributed by atoms with van der Waals surface area (Å²) in [5.74, 6) is -0.584. The van der Waals surface area contributed by atoms with E-state index in [9.17, 15) is 19.6 Å². The summed E-state index contributed by atoms with van der Waals surface area (Å²) in [5, 5.41) is 22.6. The highest BCUT2D eigenvalue weighted by atomic mass is 19.1. The molecule has 0 heterocycles. The van der Waals surface area contributed by atoms with Crippen LogP contribution >= 0.6 is 0 Å². The fourth-order valence-electron chi connectivity index (χ4n) is 1.29. The lowest BCUT2D eigenvalue weighted by Gasteiger charge is -2.11. The molecule has 0 radical (unpaired) electrons. The van der Waals surface area contributed by atoms with Crippen molar-refractivity contribution in [3.63, 3.8) is 0 Å². The average molecular weight is 244 g/mol. The maximum Gasteiger partial charge on any atom is 0.292 e. The summed E-state index contributed by atoms with van der Waals surface area (Å²) in [6, 6.07) is 3.09. The van der Waals surface area contributed by atoms with Gasteiger partial charge in [-0.3, -0.25) is 10.1 Å². The lowest BCUT2D eigenvalue weighted by Crippen LogP contribution is -2.24. The van der Waals surface area contributed by atoms with Crippen LogP contribution < -0.4 is 5.32 Å². The van der Waals surface area contributed by atoms with Crippen molar-refractivity contribution >= 4 is 11.4 Å². The minimum atomic E-state index is -0.817. The lowest BCUT2D eigenvalue weighted by atomic mass is 10.2. The molecule has 2 N–H and O–H groups in total. The van der Waals surface area contributed by atoms with Crippen molar-refractivity contribution in [2.75, 3.05) is 25.6 Å². The van der Waals surface area contributed by atoms with Crippen molar-refractivity contribution < 1.29 is 19.2 Å². The third-order valence-corrected chi connectivity index (χ3v) is 2.04. The number of methoxy groups -OCH3 is 1. The van der Waals surface area contributed by atoms with Crippen molar-refractivity contribution in [3.8, 4) is 0 Å². The normalized spacial score (nSPS) is 12.2. The Morgan fingerprint density at radius 1 is 1.65 bits per heavy atom. The van der Waals surface area contributed by atoms with Crippen LogP contribution in [-0.4, -0.2) is 36.4 Å². The van der Waals surface area contributed by atoms with Crippen molar-refractivity contribution in [1.82, 2.24) is 0 Å². The highest BCUT2D eigenvalue weighted by molar-refractivity contribution is 5.61. The number of anilines is 1. The lowest BCUT2D eigenvalue weighted by molar-refractivity contribution is -0.384. The summed E-state index contributed by atoms with van der Waals surface area (Å²) in [7, 11) is 1.42. The van der Waals surface area contributed by atoms with Crippen LogP contribution in [-0.2, 0) is 4.74 Å². The van der Waals surface area contributed by atoms with E-state index in [4.69, 9.17) is 4.74 Å². The van der Waals surface area contributed by atoms with Gasteiger partial charge in [-0.2, -0.15) is 0 Å². The zero-order valence-electron chi connectivity index (χ0n) is 9.22. The van der Waals surface area contributed by atoms with Gasteiger partial charge < -0.3 is 15.2 Å². The van der Waals surface area contributed by atoms with E-state index >= 15 is 0 Å². The molecule has 0 amide bonds. The predicted octanol–water partition coefficient (Wildman–Crippen LogP) is 1.15. The van der Waals surface area contributed by atoms with Crippen LogP contribution in [0.5, 0.6) is 0 Å². The molecular weight excluding hydrogens is 231 g/mol. The Bertz CT molecular complexity index is 400. The van der Waals surface area contributed by atoms with Crippen molar-refractivity contribution in [1.29, 1.82) is 0 Å². The van der Waals surface area contributed by atoms with Gasteiger partial charge in [-0.05, 0) is 6.07 Å². The number of rotatable bonds is 6. The van der Waals surface area contributed by atoms with Crippen LogP contribution in [0, 0.1) is 15.9 Å². The number of nitro benzene ring substituents is 1. The maximum atomic E-state index is 12.9. The van der Waals surface area contributed by atoms with Crippen molar-refractivity contribution in [2.45, 2.75) is 6.10 Å². The van der Waals surface area contributed by atoms with E-state index in [0.29, 0.717) is 0 Å². The largest absolute Gasteiger partial charge is 0.389 e. The molecule has 0 saturated carbocycles. The van der Waals surface area contributed by atoms with Gasteiger partial charge >= 0.3 is 0 Å². The molecule has 0 bridgehead atoms. The van der Waals surface area contributed by atoms with Crippen LogP contribution in [0.1, 0.15) is 0 Å². The monoisotopic (exact) mass is 244 g/mol. The Morgan fingerprint density at radius 3 is 2.94 bits per heavy atom. The molecular formula is C10H13FN2O4. The quantitative estimate of drug-likeness (QED) is 0.579. The van der Waals surface area contributed by atoms with Gasteiger partial charge in [0.2, 0.25) is 0 Å². The molecule has 0 aliphatic carbocycles. The van der Waals surface area contributed by atoms with Gasteiger partial charge in [-0.25, -0.2) is 4.39 Å². The van der Waals surface area contributed by atoms with Crippen LogP contribution in [0.15, 0.2) is 18.2 Å². The van der Waals surface area contributed by atoms with E-state index in [1.165, 1.54) is 7.11 Å². The van der Waals surface area contributed by atoms with Gasteiger partial charge in [0.25, 0.3) is 5.69 Å². The van der Waals surface area contributed by atoms with E-state index in [-0.39, 0.29) is 24.5 Å². The molecule has 17 heavy (non-hydrogen) atoms. The third-order valence-electron chi connectivity index (χ3n) is 2.04. The van der Waals surface area contributed by atoms with Gasteiger partial charge in [-0.1, -0.05) is 0 Å². The number of halogens is 1. The molecule has 1 aromatic rings. The molecule has 1 unspecified atom stereocenters. The van der Waals surface area contributed by atoms with Gasteiger partial charge in [0, 0.05) is 25.8 Å². The third kappa shape index (κ3) is 3.97. The van der Waals surface area contributed by atoms with E-state index in [0.717, 1.165) is 18.2 Å². The molecule has 0 spiro atoms. The molecule has 6 nitrogen and oxygen atoms in total. The van der Waals surface area contributed by atoms with Gasteiger partial charge in [0.05, 0.1) is 17.6 Å². The number of nitrogens with one attached hydrogen (secondary N) is 1. The summed E-state index contributed by atoms with van der Waals surface area (Å²) in [6.45, 7) is 0.133.